The second-order valence-electron chi connectivity index (χ2n) is 6.28. The van der Waals surface area contributed by atoms with Crippen LogP contribution in [0.5, 0.6) is 0 Å². The van der Waals surface area contributed by atoms with E-state index in [1.165, 1.54) is 5.56 Å². The SMILES string of the molecule is CC(C)(C)OC(=O)N[C@H](CCC(=O)O)CSCc1ccccc1. The maximum Gasteiger partial charge on any atom is 0.407 e. The number of thioether (sulfide) groups is 1. The molecule has 1 amide bonds. The Morgan fingerprint density at radius 1 is 1.26 bits per heavy atom. The highest BCUT2D eigenvalue weighted by Gasteiger charge is 2.20. The third-order valence-corrected chi connectivity index (χ3v) is 4.03. The summed E-state index contributed by atoms with van der Waals surface area (Å²) in [4.78, 5) is 22.6. The van der Waals surface area contributed by atoms with Crippen LogP contribution < -0.4 is 5.32 Å². The predicted molar refractivity (Wildman–Crippen MR) is 92.6 cm³/mol. The van der Waals surface area contributed by atoms with Crippen molar-refractivity contribution in [2.75, 3.05) is 5.75 Å². The van der Waals surface area contributed by atoms with Gasteiger partial charge in [-0.2, -0.15) is 11.8 Å². The highest BCUT2D eigenvalue weighted by molar-refractivity contribution is 7.98. The molecule has 0 aliphatic carbocycles. The number of carboxylic acid groups (broad SMARTS) is 1. The van der Waals surface area contributed by atoms with Crippen molar-refractivity contribution in [3.8, 4) is 0 Å². The summed E-state index contributed by atoms with van der Waals surface area (Å²) in [5.74, 6) is 0.594. The molecule has 23 heavy (non-hydrogen) atoms. The lowest BCUT2D eigenvalue weighted by atomic mass is 10.2. The second-order valence-corrected chi connectivity index (χ2v) is 7.31. The largest absolute Gasteiger partial charge is 0.481 e. The first kappa shape index (κ1) is 19.4. The lowest BCUT2D eigenvalue weighted by molar-refractivity contribution is -0.137. The number of aliphatic carboxylic acids is 1. The Bertz CT molecular complexity index is 499. The van der Waals surface area contributed by atoms with Crippen molar-refractivity contribution < 1.29 is 19.4 Å². The van der Waals surface area contributed by atoms with Crippen molar-refractivity contribution in [1.82, 2.24) is 5.32 Å². The third kappa shape index (κ3) is 9.84. The van der Waals surface area contributed by atoms with Crippen LogP contribution in [-0.2, 0) is 15.3 Å². The second kappa shape index (κ2) is 9.45. The Kier molecular flexibility index (Phi) is 7.95. The molecule has 5 nitrogen and oxygen atoms in total. The molecule has 6 heteroatoms. The van der Waals surface area contributed by atoms with Gasteiger partial charge in [-0.05, 0) is 32.8 Å². The molecule has 0 spiro atoms. The van der Waals surface area contributed by atoms with E-state index in [2.05, 4.69) is 5.32 Å². The van der Waals surface area contributed by atoms with Gasteiger partial charge in [-0.3, -0.25) is 4.79 Å². The number of amides is 1. The molecule has 0 aromatic heterocycles. The first-order valence-corrected chi connectivity index (χ1v) is 8.75. The normalized spacial score (nSPS) is 12.5. The third-order valence-electron chi connectivity index (χ3n) is 2.86. The van der Waals surface area contributed by atoms with Crippen LogP contribution in [0.2, 0.25) is 0 Å². The van der Waals surface area contributed by atoms with Gasteiger partial charge in [0.15, 0.2) is 0 Å². The number of nitrogens with one attached hydrogen (secondary N) is 1. The fraction of sp³-hybridized carbons (Fsp3) is 0.529. The van der Waals surface area contributed by atoms with E-state index in [0.717, 1.165) is 5.75 Å². The molecule has 0 saturated carbocycles. The molecule has 1 atom stereocenters. The molecule has 0 fully saturated rings. The van der Waals surface area contributed by atoms with E-state index in [9.17, 15) is 9.59 Å². The number of carboxylic acids is 1. The molecule has 0 saturated heterocycles. The Hall–Kier alpha value is -1.69. The molecule has 1 aromatic carbocycles. The Morgan fingerprint density at radius 2 is 1.91 bits per heavy atom. The Balaban J connectivity index is 2.47. The zero-order chi connectivity index (χ0) is 17.3. The van der Waals surface area contributed by atoms with E-state index < -0.39 is 17.7 Å². The fourth-order valence-electron chi connectivity index (χ4n) is 1.86. The van der Waals surface area contributed by atoms with Gasteiger partial charge >= 0.3 is 12.1 Å². The molecule has 1 aromatic rings. The molecule has 0 unspecified atom stereocenters. The zero-order valence-electron chi connectivity index (χ0n) is 13.9. The van der Waals surface area contributed by atoms with Gasteiger partial charge in [-0.25, -0.2) is 4.79 Å². The number of rotatable bonds is 8. The van der Waals surface area contributed by atoms with Crippen LogP contribution in [0.3, 0.4) is 0 Å². The number of hydrogen-bond donors (Lipinski definition) is 2. The van der Waals surface area contributed by atoms with E-state index in [-0.39, 0.29) is 12.5 Å². The zero-order valence-corrected chi connectivity index (χ0v) is 14.7. The summed E-state index contributed by atoms with van der Waals surface area (Å²) in [5, 5.41) is 11.6. The molecule has 128 valence electrons. The summed E-state index contributed by atoms with van der Waals surface area (Å²) >= 11 is 1.66. The standard InChI is InChI=1S/C17H25NO4S/c1-17(2,3)22-16(21)18-14(9-10-15(19)20)12-23-11-13-7-5-4-6-8-13/h4-8,14H,9-12H2,1-3H3,(H,18,21)(H,19,20)/t14-/m1/s1. The van der Waals surface area contributed by atoms with Gasteiger partial charge in [0.25, 0.3) is 0 Å². The number of benzene rings is 1. The quantitative estimate of drug-likeness (QED) is 0.755. The summed E-state index contributed by atoms with van der Waals surface area (Å²) in [6.07, 6.45) is -0.101. The minimum Gasteiger partial charge on any atom is -0.481 e. The molecule has 0 radical (unpaired) electrons. The van der Waals surface area contributed by atoms with Crippen molar-refractivity contribution in [2.24, 2.45) is 0 Å². The van der Waals surface area contributed by atoms with Crippen LogP contribution in [-0.4, -0.2) is 34.6 Å². The smallest absolute Gasteiger partial charge is 0.407 e. The average Bonchev–Trinajstić information content (AvgIpc) is 2.43. The van der Waals surface area contributed by atoms with Crippen molar-refractivity contribution >= 4 is 23.8 Å². The van der Waals surface area contributed by atoms with Gasteiger partial charge < -0.3 is 15.2 Å². The van der Waals surface area contributed by atoms with Crippen LogP contribution in [0, 0.1) is 0 Å². The van der Waals surface area contributed by atoms with E-state index >= 15 is 0 Å². The summed E-state index contributed by atoms with van der Waals surface area (Å²) < 4.78 is 5.23. The molecule has 1 rings (SSSR count). The van der Waals surface area contributed by atoms with Crippen molar-refractivity contribution in [1.29, 1.82) is 0 Å². The minimum atomic E-state index is -0.867. The number of carbonyl (C=O) groups is 2. The van der Waals surface area contributed by atoms with Gasteiger partial charge in [0.1, 0.15) is 5.60 Å². The van der Waals surface area contributed by atoms with Crippen molar-refractivity contribution in [2.45, 2.75) is 51.0 Å². The number of hydrogen-bond acceptors (Lipinski definition) is 4. The highest BCUT2D eigenvalue weighted by Crippen LogP contribution is 2.15. The Morgan fingerprint density at radius 3 is 2.48 bits per heavy atom. The van der Waals surface area contributed by atoms with Gasteiger partial charge in [0.2, 0.25) is 0 Å². The molecule has 0 heterocycles. The summed E-state index contributed by atoms with van der Waals surface area (Å²) in [6, 6.07) is 9.79. The summed E-state index contributed by atoms with van der Waals surface area (Å²) in [7, 11) is 0. The van der Waals surface area contributed by atoms with E-state index in [1.807, 2.05) is 30.3 Å². The first-order valence-electron chi connectivity index (χ1n) is 7.59. The summed E-state index contributed by atoms with van der Waals surface area (Å²) in [5.41, 5.74) is 0.630. The Labute approximate surface area is 141 Å². The monoisotopic (exact) mass is 339 g/mol. The topological polar surface area (TPSA) is 75.6 Å². The maximum atomic E-state index is 11.9. The predicted octanol–water partition coefficient (Wildman–Crippen LogP) is 3.68. The molecular formula is C17H25NO4S. The van der Waals surface area contributed by atoms with Gasteiger partial charge in [0, 0.05) is 24.0 Å². The highest BCUT2D eigenvalue weighted by atomic mass is 32.2. The van der Waals surface area contributed by atoms with Gasteiger partial charge in [-0.1, -0.05) is 30.3 Å². The van der Waals surface area contributed by atoms with Crippen LogP contribution in [0.25, 0.3) is 0 Å². The van der Waals surface area contributed by atoms with Crippen molar-refractivity contribution in [3.63, 3.8) is 0 Å². The van der Waals surface area contributed by atoms with Gasteiger partial charge in [-0.15, -0.1) is 0 Å². The lowest BCUT2D eigenvalue weighted by Gasteiger charge is -2.23. The molecule has 2 N–H and O–H groups in total. The minimum absolute atomic E-state index is 0.0202. The molecule has 0 aliphatic rings. The van der Waals surface area contributed by atoms with Crippen LogP contribution in [0.4, 0.5) is 4.79 Å². The average molecular weight is 339 g/mol. The lowest BCUT2D eigenvalue weighted by Crippen LogP contribution is -2.40. The first-order chi connectivity index (χ1) is 10.8. The van der Waals surface area contributed by atoms with E-state index in [1.54, 1.807) is 32.5 Å². The van der Waals surface area contributed by atoms with Crippen molar-refractivity contribution in [3.05, 3.63) is 35.9 Å². The van der Waals surface area contributed by atoms with Crippen LogP contribution >= 0.6 is 11.8 Å². The van der Waals surface area contributed by atoms with Crippen LogP contribution in [0.15, 0.2) is 30.3 Å². The maximum absolute atomic E-state index is 11.9. The van der Waals surface area contributed by atoms with E-state index in [0.29, 0.717) is 12.2 Å². The number of carbonyl (C=O) groups excluding carboxylic acids is 1. The fourth-order valence-corrected chi connectivity index (χ4v) is 2.94. The number of ether oxygens (including phenoxy) is 1. The van der Waals surface area contributed by atoms with E-state index in [4.69, 9.17) is 9.84 Å². The van der Waals surface area contributed by atoms with Crippen LogP contribution in [0.1, 0.15) is 39.2 Å². The molecule has 0 aliphatic heterocycles. The summed E-state index contributed by atoms with van der Waals surface area (Å²) in [6.45, 7) is 5.38. The van der Waals surface area contributed by atoms with Gasteiger partial charge in [0.05, 0.1) is 0 Å². The molecular weight excluding hydrogens is 314 g/mol. The number of alkyl carbamates (subject to hydrolysis) is 1. The molecule has 0 bridgehead atoms.